The van der Waals surface area contributed by atoms with Gasteiger partial charge in [0.05, 0.1) is 5.69 Å². The number of ether oxygens (including phenoxy) is 2. The summed E-state index contributed by atoms with van der Waals surface area (Å²) in [6.07, 6.45) is 0. The summed E-state index contributed by atoms with van der Waals surface area (Å²) in [5, 5.41) is 7.30. The van der Waals surface area contributed by atoms with Crippen LogP contribution in [0.1, 0.15) is 27.2 Å². The van der Waals surface area contributed by atoms with E-state index in [0.29, 0.717) is 25.6 Å². The first-order chi connectivity index (χ1) is 15.1. The molecule has 0 saturated carbocycles. The van der Waals surface area contributed by atoms with Crippen LogP contribution < -0.4 is 9.47 Å². The highest BCUT2D eigenvalue weighted by Crippen LogP contribution is 2.33. The molecule has 160 valence electrons. The zero-order chi connectivity index (χ0) is 21.4. The predicted molar refractivity (Wildman–Crippen MR) is 117 cm³/mol. The fraction of sp³-hybridized carbons (Fsp3) is 0.333. The lowest BCUT2D eigenvalue weighted by Crippen LogP contribution is -2.48. The molecule has 0 spiro atoms. The third kappa shape index (κ3) is 4.01. The Bertz CT molecular complexity index is 1120. The molecule has 0 radical (unpaired) electrons. The number of carbonyl (C=O) groups is 1. The first-order valence-electron chi connectivity index (χ1n) is 10.6. The number of rotatable bonds is 4. The van der Waals surface area contributed by atoms with E-state index in [9.17, 15) is 4.79 Å². The Labute approximate surface area is 181 Å². The van der Waals surface area contributed by atoms with E-state index in [1.165, 1.54) is 16.7 Å². The number of carbonyl (C=O) groups excluding carboxylic acids is 1. The highest BCUT2D eigenvalue weighted by atomic mass is 16.7. The van der Waals surface area contributed by atoms with Crippen molar-refractivity contribution in [3.05, 3.63) is 64.8 Å². The molecule has 2 aromatic carbocycles. The number of fused-ring (bicyclic) bond motifs is 1. The molecule has 3 heterocycles. The van der Waals surface area contributed by atoms with E-state index in [4.69, 9.17) is 9.47 Å². The molecule has 2 aliphatic heterocycles. The van der Waals surface area contributed by atoms with Gasteiger partial charge in [-0.1, -0.05) is 18.2 Å². The molecule has 0 unspecified atom stereocenters. The molecule has 5 rings (SSSR count). The van der Waals surface area contributed by atoms with E-state index in [1.54, 1.807) is 0 Å². The van der Waals surface area contributed by atoms with Crippen molar-refractivity contribution < 1.29 is 14.3 Å². The zero-order valence-corrected chi connectivity index (χ0v) is 17.9. The van der Waals surface area contributed by atoms with Crippen LogP contribution in [-0.4, -0.2) is 58.9 Å². The van der Waals surface area contributed by atoms with E-state index in [0.717, 1.165) is 42.4 Å². The molecule has 0 aliphatic carbocycles. The molecule has 7 nitrogen and oxygen atoms in total. The number of benzene rings is 2. The van der Waals surface area contributed by atoms with Crippen molar-refractivity contribution in [1.29, 1.82) is 0 Å². The van der Waals surface area contributed by atoms with Crippen LogP contribution in [0.25, 0.3) is 11.3 Å². The van der Waals surface area contributed by atoms with Gasteiger partial charge in [-0.05, 0) is 54.8 Å². The van der Waals surface area contributed by atoms with Crippen LogP contribution in [0.3, 0.4) is 0 Å². The fourth-order valence-corrected chi connectivity index (χ4v) is 4.06. The number of aromatic nitrogens is 2. The van der Waals surface area contributed by atoms with Crippen molar-refractivity contribution in [3.8, 4) is 22.8 Å². The number of hydrogen-bond acceptors (Lipinski definition) is 5. The second-order valence-corrected chi connectivity index (χ2v) is 8.22. The van der Waals surface area contributed by atoms with Crippen LogP contribution in [0.5, 0.6) is 11.5 Å². The number of aromatic amines is 1. The molecule has 0 atom stereocenters. The number of piperazine rings is 1. The Kier molecular flexibility index (Phi) is 5.11. The molecular weight excluding hydrogens is 392 g/mol. The first kappa shape index (κ1) is 19.6. The van der Waals surface area contributed by atoms with Crippen LogP contribution in [0.4, 0.5) is 0 Å². The smallest absolute Gasteiger partial charge is 0.271 e. The topological polar surface area (TPSA) is 70.7 Å². The zero-order valence-electron chi connectivity index (χ0n) is 17.9. The molecule has 1 fully saturated rings. The third-order valence-electron chi connectivity index (χ3n) is 6.11. The Morgan fingerprint density at radius 1 is 0.968 bits per heavy atom. The van der Waals surface area contributed by atoms with Crippen molar-refractivity contribution in [3.63, 3.8) is 0 Å². The lowest BCUT2D eigenvalue weighted by molar-refractivity contribution is 0.0622. The number of hydrogen-bond donors (Lipinski definition) is 1. The monoisotopic (exact) mass is 418 g/mol. The van der Waals surface area contributed by atoms with Gasteiger partial charge in [0, 0.05) is 38.3 Å². The molecule has 1 N–H and O–H groups in total. The summed E-state index contributed by atoms with van der Waals surface area (Å²) < 4.78 is 10.8. The summed E-state index contributed by atoms with van der Waals surface area (Å²) in [6, 6.07) is 14.2. The van der Waals surface area contributed by atoms with Crippen molar-refractivity contribution >= 4 is 5.91 Å². The van der Waals surface area contributed by atoms with Crippen molar-refractivity contribution in [2.24, 2.45) is 0 Å². The van der Waals surface area contributed by atoms with Gasteiger partial charge in [-0.15, -0.1) is 0 Å². The third-order valence-corrected chi connectivity index (χ3v) is 6.11. The van der Waals surface area contributed by atoms with Crippen LogP contribution in [0, 0.1) is 13.8 Å². The first-order valence-corrected chi connectivity index (χ1v) is 10.6. The maximum atomic E-state index is 13.0. The second-order valence-electron chi connectivity index (χ2n) is 8.22. The van der Waals surface area contributed by atoms with Gasteiger partial charge in [-0.3, -0.25) is 14.8 Å². The van der Waals surface area contributed by atoms with E-state index in [2.05, 4.69) is 47.1 Å². The highest BCUT2D eigenvalue weighted by Gasteiger charge is 2.24. The average Bonchev–Trinajstić information content (AvgIpc) is 3.45. The van der Waals surface area contributed by atoms with Gasteiger partial charge in [0.25, 0.3) is 5.91 Å². The van der Waals surface area contributed by atoms with E-state index in [1.807, 2.05) is 29.2 Å². The van der Waals surface area contributed by atoms with Gasteiger partial charge in [-0.2, -0.15) is 5.10 Å². The molecule has 0 bridgehead atoms. The fourth-order valence-electron chi connectivity index (χ4n) is 4.06. The number of H-pyrrole nitrogens is 1. The van der Waals surface area contributed by atoms with Gasteiger partial charge < -0.3 is 14.4 Å². The quantitative estimate of drug-likeness (QED) is 0.703. The number of aryl methyl sites for hydroxylation is 2. The van der Waals surface area contributed by atoms with Crippen LogP contribution in [0.2, 0.25) is 0 Å². The average molecular weight is 418 g/mol. The number of nitrogens with zero attached hydrogens (tertiary/aromatic N) is 3. The van der Waals surface area contributed by atoms with Crippen LogP contribution in [-0.2, 0) is 6.54 Å². The van der Waals surface area contributed by atoms with Gasteiger partial charge in [0.1, 0.15) is 5.69 Å². The summed E-state index contributed by atoms with van der Waals surface area (Å²) in [5.74, 6) is 1.62. The SMILES string of the molecule is Cc1ccc(-c2cc(C(=O)N3CCN(Cc4ccc5c(c4)OCO5)CC3)[nH]n2)cc1C. The van der Waals surface area contributed by atoms with E-state index >= 15 is 0 Å². The Morgan fingerprint density at radius 3 is 2.58 bits per heavy atom. The Balaban J connectivity index is 1.19. The van der Waals surface area contributed by atoms with Crippen LogP contribution in [0.15, 0.2) is 42.5 Å². The molecular formula is C24H26N4O3. The minimum absolute atomic E-state index is 0.00492. The van der Waals surface area contributed by atoms with Crippen molar-refractivity contribution in [1.82, 2.24) is 20.0 Å². The normalized spacial score (nSPS) is 16.0. The molecule has 7 heteroatoms. The lowest BCUT2D eigenvalue weighted by Gasteiger charge is -2.34. The highest BCUT2D eigenvalue weighted by molar-refractivity contribution is 5.93. The van der Waals surface area contributed by atoms with E-state index in [-0.39, 0.29) is 5.91 Å². The summed E-state index contributed by atoms with van der Waals surface area (Å²) >= 11 is 0. The minimum atomic E-state index is 0.00492. The Morgan fingerprint density at radius 2 is 1.77 bits per heavy atom. The van der Waals surface area contributed by atoms with E-state index < -0.39 is 0 Å². The molecule has 31 heavy (non-hydrogen) atoms. The minimum Gasteiger partial charge on any atom is -0.454 e. The van der Waals surface area contributed by atoms with Crippen LogP contribution >= 0.6 is 0 Å². The maximum Gasteiger partial charge on any atom is 0.271 e. The predicted octanol–water partition coefficient (Wildman–Crippen LogP) is 3.38. The summed E-state index contributed by atoms with van der Waals surface area (Å²) in [6.45, 7) is 8.35. The van der Waals surface area contributed by atoms with Crippen molar-refractivity contribution in [2.45, 2.75) is 20.4 Å². The molecule has 1 amide bonds. The summed E-state index contributed by atoms with van der Waals surface area (Å²) in [4.78, 5) is 17.2. The van der Waals surface area contributed by atoms with Gasteiger partial charge in [-0.25, -0.2) is 0 Å². The largest absolute Gasteiger partial charge is 0.454 e. The summed E-state index contributed by atoms with van der Waals surface area (Å²) in [7, 11) is 0. The second kappa shape index (κ2) is 8.07. The Hall–Kier alpha value is -3.32. The number of nitrogens with one attached hydrogen (secondary N) is 1. The molecule has 1 saturated heterocycles. The molecule has 1 aromatic heterocycles. The van der Waals surface area contributed by atoms with Crippen molar-refractivity contribution in [2.75, 3.05) is 33.0 Å². The number of amides is 1. The van der Waals surface area contributed by atoms with Gasteiger partial charge >= 0.3 is 0 Å². The standard InChI is InChI=1S/C24H26N4O3/c1-16-3-5-19(11-17(16)2)20-13-21(26-25-20)24(29)28-9-7-27(8-10-28)14-18-4-6-22-23(12-18)31-15-30-22/h3-6,11-13H,7-10,14-15H2,1-2H3,(H,25,26). The maximum absolute atomic E-state index is 13.0. The summed E-state index contributed by atoms with van der Waals surface area (Å²) in [5.41, 5.74) is 6.01. The lowest BCUT2D eigenvalue weighted by atomic mass is 10.0. The molecule has 2 aliphatic rings. The molecule has 3 aromatic rings. The van der Waals surface area contributed by atoms with Gasteiger partial charge in [0.15, 0.2) is 11.5 Å². The van der Waals surface area contributed by atoms with Gasteiger partial charge in [0.2, 0.25) is 6.79 Å².